The zero-order valence-electron chi connectivity index (χ0n) is 22.1. The number of ketones is 1. The smallest absolute Gasteiger partial charge is 0.215 e. The Morgan fingerprint density at radius 1 is 1.18 bits per heavy atom. The minimum atomic E-state index is -3.38. The molecule has 0 spiro atoms. The lowest BCUT2D eigenvalue weighted by atomic mass is 9.70. The minimum absolute atomic E-state index is 0.0419. The summed E-state index contributed by atoms with van der Waals surface area (Å²) in [7, 11) is -3.38. The number of nitrogens with one attached hydrogen (secondary N) is 2. The molecule has 1 aromatic carbocycles. The monoisotopic (exact) mass is 569 g/mol. The summed E-state index contributed by atoms with van der Waals surface area (Å²) < 4.78 is 55.5. The maximum absolute atomic E-state index is 14.1. The van der Waals surface area contributed by atoms with Crippen LogP contribution in [-0.2, 0) is 10.0 Å². The van der Waals surface area contributed by atoms with Gasteiger partial charge in [-0.2, -0.15) is 0 Å². The summed E-state index contributed by atoms with van der Waals surface area (Å²) in [6, 6.07) is 3.50. The number of nitrogens with zero attached hydrogens (tertiary/aromatic N) is 2. The Hall–Kier alpha value is -2.15. The molecule has 0 radical (unpaired) electrons. The molecule has 2 atom stereocenters. The van der Waals surface area contributed by atoms with Gasteiger partial charge in [0.05, 0.1) is 11.3 Å². The van der Waals surface area contributed by atoms with Crippen molar-refractivity contribution in [2.24, 2.45) is 11.3 Å². The second-order valence-corrected chi connectivity index (χ2v) is 14.4. The standard InChI is InChI=1S/C26H37F2N5O3S2/c1-16-13-18(15-26(2,3)14-16)30-9-12-38(35,36)33-10-7-17(8-11-33)31-25-32-24(29)23(37-25)22(34)21-19(27)5-4-6-20(21)28/h4-6,16-18,30H,7-15,29H2,1-3H3,(H,31,32). The molecule has 2 heterocycles. The largest absolute Gasteiger partial charge is 0.382 e. The van der Waals surface area contributed by atoms with Gasteiger partial charge in [0, 0.05) is 31.7 Å². The quantitative estimate of drug-likeness (QED) is 0.387. The highest BCUT2D eigenvalue weighted by atomic mass is 32.2. The van der Waals surface area contributed by atoms with Crippen LogP contribution >= 0.6 is 11.3 Å². The number of nitrogen functional groups attached to an aromatic ring is 1. The highest BCUT2D eigenvalue weighted by molar-refractivity contribution is 7.89. The number of thiazole rings is 1. The van der Waals surface area contributed by atoms with Crippen LogP contribution in [0.5, 0.6) is 0 Å². The molecule has 1 saturated carbocycles. The van der Waals surface area contributed by atoms with Gasteiger partial charge in [-0.3, -0.25) is 4.79 Å². The third kappa shape index (κ3) is 6.88. The van der Waals surface area contributed by atoms with E-state index in [2.05, 4.69) is 36.4 Å². The van der Waals surface area contributed by atoms with Crippen molar-refractivity contribution in [2.45, 2.75) is 65.0 Å². The Morgan fingerprint density at radius 2 is 1.84 bits per heavy atom. The summed E-state index contributed by atoms with van der Waals surface area (Å²) in [5, 5.41) is 7.03. The third-order valence-corrected chi connectivity index (χ3v) is 10.3. The molecule has 1 saturated heterocycles. The van der Waals surface area contributed by atoms with Crippen LogP contribution < -0.4 is 16.4 Å². The van der Waals surface area contributed by atoms with Crippen LogP contribution in [0.3, 0.4) is 0 Å². The number of hydrogen-bond acceptors (Lipinski definition) is 8. The molecule has 1 aliphatic carbocycles. The molecular formula is C26H37F2N5O3S2. The number of carbonyl (C=O) groups excluding carboxylic acids is 1. The Balaban J connectivity index is 1.28. The fourth-order valence-electron chi connectivity index (χ4n) is 5.86. The first-order valence-electron chi connectivity index (χ1n) is 13.1. The second-order valence-electron chi connectivity index (χ2n) is 11.4. The lowest BCUT2D eigenvalue weighted by molar-refractivity contribution is 0.103. The number of carbonyl (C=O) groups is 1. The van der Waals surface area contributed by atoms with Crippen LogP contribution in [0.25, 0.3) is 0 Å². The van der Waals surface area contributed by atoms with Gasteiger partial charge in [0.1, 0.15) is 22.3 Å². The van der Waals surface area contributed by atoms with E-state index in [9.17, 15) is 22.0 Å². The number of nitrogens with two attached hydrogens (primary N) is 1. The molecule has 0 bridgehead atoms. The van der Waals surface area contributed by atoms with Crippen molar-refractivity contribution in [3.8, 4) is 0 Å². The zero-order valence-corrected chi connectivity index (χ0v) is 23.7. The number of halogens is 2. The number of anilines is 2. The predicted molar refractivity (Wildman–Crippen MR) is 147 cm³/mol. The van der Waals surface area contributed by atoms with Gasteiger partial charge in [0.2, 0.25) is 15.8 Å². The van der Waals surface area contributed by atoms with Gasteiger partial charge in [-0.05, 0) is 55.6 Å². The molecule has 210 valence electrons. The van der Waals surface area contributed by atoms with E-state index in [1.165, 1.54) is 16.8 Å². The number of benzene rings is 1. The van der Waals surface area contributed by atoms with Gasteiger partial charge < -0.3 is 16.4 Å². The van der Waals surface area contributed by atoms with Crippen LogP contribution in [0.15, 0.2) is 18.2 Å². The lowest BCUT2D eigenvalue weighted by Gasteiger charge is -2.39. The Morgan fingerprint density at radius 3 is 2.47 bits per heavy atom. The second kappa shape index (κ2) is 11.5. The van der Waals surface area contributed by atoms with Crippen molar-refractivity contribution >= 4 is 38.1 Å². The van der Waals surface area contributed by atoms with E-state index in [0.717, 1.165) is 36.3 Å². The molecule has 12 heteroatoms. The van der Waals surface area contributed by atoms with Gasteiger partial charge in [-0.15, -0.1) is 0 Å². The van der Waals surface area contributed by atoms with E-state index in [1.807, 2.05) is 0 Å². The van der Waals surface area contributed by atoms with Crippen molar-refractivity contribution in [2.75, 3.05) is 36.4 Å². The number of sulfonamides is 1. The number of hydrogen-bond donors (Lipinski definition) is 3. The lowest BCUT2D eigenvalue weighted by Crippen LogP contribution is -2.46. The van der Waals surface area contributed by atoms with E-state index >= 15 is 0 Å². The molecular weight excluding hydrogens is 532 g/mol. The SMILES string of the molecule is CC1CC(NCCS(=O)(=O)N2CCC(Nc3nc(N)c(C(=O)c4c(F)cccc4F)s3)CC2)CC(C)(C)C1. The molecule has 2 aliphatic rings. The van der Waals surface area contributed by atoms with Crippen LogP contribution in [-0.4, -0.2) is 61.0 Å². The van der Waals surface area contributed by atoms with Crippen LogP contribution in [0.2, 0.25) is 0 Å². The maximum Gasteiger partial charge on any atom is 0.215 e. The molecule has 8 nitrogen and oxygen atoms in total. The number of piperidine rings is 1. The minimum Gasteiger partial charge on any atom is -0.382 e. The maximum atomic E-state index is 14.1. The average Bonchev–Trinajstić information content (AvgIpc) is 3.17. The topological polar surface area (TPSA) is 117 Å². The van der Waals surface area contributed by atoms with E-state index in [1.54, 1.807) is 0 Å². The molecule has 1 aromatic heterocycles. The molecule has 2 aromatic rings. The van der Waals surface area contributed by atoms with Gasteiger partial charge in [-0.1, -0.05) is 38.2 Å². The highest BCUT2D eigenvalue weighted by Crippen LogP contribution is 2.38. The summed E-state index contributed by atoms with van der Waals surface area (Å²) in [5.74, 6) is -2.19. The first-order valence-corrected chi connectivity index (χ1v) is 15.5. The molecule has 1 aliphatic heterocycles. The summed E-state index contributed by atoms with van der Waals surface area (Å²) in [4.78, 5) is 16.8. The Labute approximate surface area is 227 Å². The molecule has 0 amide bonds. The fraction of sp³-hybridized carbons (Fsp3) is 0.615. The first-order chi connectivity index (χ1) is 17.8. The van der Waals surface area contributed by atoms with E-state index < -0.39 is 33.0 Å². The van der Waals surface area contributed by atoms with Crippen LogP contribution in [0.1, 0.15) is 68.1 Å². The highest BCUT2D eigenvalue weighted by Gasteiger charge is 2.33. The normalized spacial score (nSPS) is 22.9. The predicted octanol–water partition coefficient (Wildman–Crippen LogP) is 4.25. The van der Waals surface area contributed by atoms with Gasteiger partial charge in [-0.25, -0.2) is 26.5 Å². The zero-order chi connectivity index (χ0) is 27.7. The summed E-state index contributed by atoms with van der Waals surface area (Å²) >= 11 is 0.934. The van der Waals surface area contributed by atoms with Crippen molar-refractivity contribution in [3.05, 3.63) is 40.3 Å². The molecule has 4 rings (SSSR count). The Kier molecular flexibility index (Phi) is 8.75. The summed E-state index contributed by atoms with van der Waals surface area (Å²) in [6.45, 7) is 7.99. The third-order valence-electron chi connectivity index (χ3n) is 7.40. The molecule has 2 unspecified atom stereocenters. The van der Waals surface area contributed by atoms with Crippen molar-refractivity contribution in [1.82, 2.24) is 14.6 Å². The van der Waals surface area contributed by atoms with Gasteiger partial charge in [0.15, 0.2) is 5.13 Å². The van der Waals surface area contributed by atoms with Gasteiger partial charge >= 0.3 is 0 Å². The molecule has 38 heavy (non-hydrogen) atoms. The van der Waals surface area contributed by atoms with Crippen LogP contribution in [0, 0.1) is 23.0 Å². The van der Waals surface area contributed by atoms with Crippen molar-refractivity contribution in [1.29, 1.82) is 0 Å². The van der Waals surface area contributed by atoms with E-state index in [4.69, 9.17) is 5.73 Å². The molecule has 2 fully saturated rings. The average molecular weight is 570 g/mol. The fourth-order valence-corrected chi connectivity index (χ4v) is 8.17. The summed E-state index contributed by atoms with van der Waals surface area (Å²) in [5.41, 5.74) is 5.49. The Bertz CT molecular complexity index is 1240. The van der Waals surface area contributed by atoms with E-state index in [-0.39, 0.29) is 27.9 Å². The molecule has 4 N–H and O–H groups in total. The van der Waals surface area contributed by atoms with E-state index in [0.29, 0.717) is 49.6 Å². The summed E-state index contributed by atoms with van der Waals surface area (Å²) in [6.07, 6.45) is 4.45. The van der Waals surface area contributed by atoms with Crippen LogP contribution in [0.4, 0.5) is 19.7 Å². The number of aromatic nitrogens is 1. The first kappa shape index (κ1) is 28.8. The van der Waals surface area contributed by atoms with Gasteiger partial charge in [0.25, 0.3) is 0 Å². The van der Waals surface area contributed by atoms with Crippen molar-refractivity contribution < 1.29 is 22.0 Å². The number of rotatable bonds is 9. The van der Waals surface area contributed by atoms with Crippen molar-refractivity contribution in [3.63, 3.8) is 0 Å².